The molecule has 0 radical (unpaired) electrons. The number of aromatic nitrogens is 1. The summed E-state index contributed by atoms with van der Waals surface area (Å²) in [5, 5.41) is 1.62. The zero-order chi connectivity index (χ0) is 11.7. The summed E-state index contributed by atoms with van der Waals surface area (Å²) in [4.78, 5) is 4.51. The Balaban J connectivity index is 2.83. The first-order chi connectivity index (χ1) is 7.65. The largest absolute Gasteiger partial charge is 0.323 e. The van der Waals surface area contributed by atoms with Gasteiger partial charge in [-0.1, -0.05) is 18.5 Å². The number of nitrogens with one attached hydrogen (secondary N) is 1. The van der Waals surface area contributed by atoms with Gasteiger partial charge in [0.25, 0.3) is 0 Å². The van der Waals surface area contributed by atoms with Gasteiger partial charge in [-0.3, -0.25) is 10.8 Å². The number of nitrogen functional groups attached to an aromatic ring is 1. The maximum atomic E-state index is 6.18. The number of nitrogens with zero attached hydrogens (tertiary/aromatic N) is 1. The Kier molecular flexibility index (Phi) is 3.51. The van der Waals surface area contributed by atoms with E-state index in [0.717, 1.165) is 32.3 Å². The first-order valence-corrected chi connectivity index (χ1v) is 6.36. The average molecular weight is 348 g/mol. The molecule has 1 aromatic carbocycles. The number of nitrogens with two attached hydrogens (primary N) is 1. The first kappa shape index (κ1) is 11.9. The van der Waals surface area contributed by atoms with E-state index in [-0.39, 0.29) is 0 Å². The molecule has 0 unspecified atom stereocenters. The van der Waals surface area contributed by atoms with Gasteiger partial charge < -0.3 is 5.43 Å². The van der Waals surface area contributed by atoms with Crippen LogP contribution < -0.4 is 11.3 Å². The predicted octanol–water partition coefficient (Wildman–Crippen LogP) is 3.34. The Morgan fingerprint density at radius 1 is 1.44 bits per heavy atom. The molecule has 2 rings (SSSR count). The van der Waals surface area contributed by atoms with Gasteiger partial charge in [0, 0.05) is 14.7 Å². The van der Waals surface area contributed by atoms with Crippen LogP contribution in [0.15, 0.2) is 18.2 Å². The summed E-state index contributed by atoms with van der Waals surface area (Å²) >= 11 is 8.41. The number of fused-ring (bicyclic) bond motifs is 1. The Bertz CT molecular complexity index is 542. The van der Waals surface area contributed by atoms with Crippen LogP contribution in [-0.2, 0) is 6.42 Å². The van der Waals surface area contributed by atoms with Crippen molar-refractivity contribution in [2.45, 2.75) is 13.3 Å². The molecule has 0 fully saturated rings. The van der Waals surface area contributed by atoms with E-state index in [4.69, 9.17) is 17.4 Å². The minimum Gasteiger partial charge on any atom is -0.323 e. The van der Waals surface area contributed by atoms with E-state index in [0.29, 0.717) is 5.02 Å². The van der Waals surface area contributed by atoms with Crippen LogP contribution in [0.1, 0.15) is 12.6 Å². The van der Waals surface area contributed by atoms with Crippen molar-refractivity contribution in [3.8, 4) is 0 Å². The van der Waals surface area contributed by atoms with Crippen LogP contribution in [-0.4, -0.2) is 4.98 Å². The second-order valence-corrected chi connectivity index (χ2v) is 5.10. The molecule has 16 heavy (non-hydrogen) atoms. The lowest BCUT2D eigenvalue weighted by Crippen LogP contribution is -2.08. The van der Waals surface area contributed by atoms with E-state index in [1.807, 2.05) is 18.2 Å². The summed E-state index contributed by atoms with van der Waals surface area (Å²) in [6.45, 7) is 2.05. The third kappa shape index (κ3) is 2.09. The van der Waals surface area contributed by atoms with Crippen LogP contribution >= 0.6 is 34.2 Å². The lowest BCUT2D eigenvalue weighted by Gasteiger charge is -2.09. The number of hydrogen-bond donors (Lipinski definition) is 2. The van der Waals surface area contributed by atoms with Crippen molar-refractivity contribution in [1.82, 2.24) is 4.98 Å². The Labute approximate surface area is 112 Å². The van der Waals surface area contributed by atoms with E-state index in [1.54, 1.807) is 0 Å². The zero-order valence-corrected chi connectivity index (χ0v) is 11.6. The van der Waals surface area contributed by atoms with Crippen LogP contribution in [0.4, 0.5) is 5.69 Å². The van der Waals surface area contributed by atoms with Crippen LogP contribution in [0.2, 0.25) is 5.02 Å². The van der Waals surface area contributed by atoms with E-state index < -0.39 is 0 Å². The Morgan fingerprint density at radius 2 is 2.19 bits per heavy atom. The van der Waals surface area contributed by atoms with Crippen LogP contribution in [0, 0.1) is 3.57 Å². The van der Waals surface area contributed by atoms with E-state index in [1.165, 1.54) is 0 Å². The van der Waals surface area contributed by atoms with Crippen molar-refractivity contribution in [2.24, 2.45) is 5.84 Å². The summed E-state index contributed by atoms with van der Waals surface area (Å²) in [5.41, 5.74) is 5.34. The van der Waals surface area contributed by atoms with Crippen molar-refractivity contribution in [3.63, 3.8) is 0 Å². The monoisotopic (exact) mass is 347 g/mol. The molecule has 3 N–H and O–H groups in total. The Morgan fingerprint density at radius 3 is 2.81 bits per heavy atom. The van der Waals surface area contributed by atoms with Gasteiger partial charge in [0.1, 0.15) is 0 Å². The van der Waals surface area contributed by atoms with Crippen molar-refractivity contribution in [3.05, 3.63) is 32.5 Å². The normalized spacial score (nSPS) is 10.8. The quantitative estimate of drug-likeness (QED) is 0.498. The molecule has 3 nitrogen and oxygen atoms in total. The maximum absolute atomic E-state index is 6.18. The number of rotatable bonds is 2. The predicted molar refractivity (Wildman–Crippen MR) is 76.7 cm³/mol. The number of anilines is 1. The minimum absolute atomic E-state index is 0.661. The molecule has 0 saturated heterocycles. The van der Waals surface area contributed by atoms with Crippen LogP contribution in [0.3, 0.4) is 0 Å². The van der Waals surface area contributed by atoms with Gasteiger partial charge in [0.15, 0.2) is 0 Å². The molecular formula is C11H11ClIN3. The second kappa shape index (κ2) is 4.73. The molecule has 0 spiro atoms. The van der Waals surface area contributed by atoms with Gasteiger partial charge in [0.05, 0.1) is 16.2 Å². The molecule has 0 aliphatic heterocycles. The van der Waals surface area contributed by atoms with Crippen molar-refractivity contribution in [2.75, 3.05) is 5.43 Å². The highest BCUT2D eigenvalue weighted by molar-refractivity contribution is 14.1. The molecule has 1 heterocycles. The molecule has 5 heteroatoms. The third-order valence-electron chi connectivity index (χ3n) is 2.40. The smallest absolute Gasteiger partial charge is 0.0913 e. The van der Waals surface area contributed by atoms with Gasteiger partial charge in [0.2, 0.25) is 0 Å². The molecular weight excluding hydrogens is 336 g/mol. The fourth-order valence-corrected chi connectivity index (χ4v) is 2.67. The summed E-state index contributed by atoms with van der Waals surface area (Å²) in [7, 11) is 0. The van der Waals surface area contributed by atoms with Gasteiger partial charge in [-0.2, -0.15) is 0 Å². The molecule has 1 aromatic heterocycles. The highest BCUT2D eigenvalue weighted by Crippen LogP contribution is 2.30. The van der Waals surface area contributed by atoms with Crippen LogP contribution in [0.5, 0.6) is 0 Å². The molecule has 2 aromatic rings. The zero-order valence-electron chi connectivity index (χ0n) is 8.72. The fourth-order valence-electron chi connectivity index (χ4n) is 1.61. The van der Waals surface area contributed by atoms with E-state index in [9.17, 15) is 0 Å². The van der Waals surface area contributed by atoms with Gasteiger partial charge in [-0.05, 0) is 47.2 Å². The maximum Gasteiger partial charge on any atom is 0.0913 e. The van der Waals surface area contributed by atoms with Gasteiger partial charge in [-0.25, -0.2) is 0 Å². The molecule has 0 atom stereocenters. The lowest BCUT2D eigenvalue weighted by molar-refractivity contribution is 1.06. The second-order valence-electron chi connectivity index (χ2n) is 3.44. The van der Waals surface area contributed by atoms with E-state index >= 15 is 0 Å². The number of benzene rings is 1. The summed E-state index contributed by atoms with van der Waals surface area (Å²) in [5.74, 6) is 5.52. The highest BCUT2D eigenvalue weighted by atomic mass is 127. The van der Waals surface area contributed by atoms with Gasteiger partial charge in [-0.15, -0.1) is 0 Å². The summed E-state index contributed by atoms with van der Waals surface area (Å²) in [6.07, 6.45) is 0.854. The minimum atomic E-state index is 0.661. The summed E-state index contributed by atoms with van der Waals surface area (Å²) in [6, 6.07) is 5.87. The highest BCUT2D eigenvalue weighted by Gasteiger charge is 2.08. The number of hydrogen-bond acceptors (Lipinski definition) is 3. The summed E-state index contributed by atoms with van der Waals surface area (Å²) < 4.78 is 1.07. The molecule has 0 aliphatic rings. The fraction of sp³-hybridized carbons (Fsp3) is 0.182. The van der Waals surface area contributed by atoms with E-state index in [2.05, 4.69) is 39.9 Å². The molecule has 84 valence electrons. The molecule has 0 amide bonds. The Hall–Kier alpha value is -0.590. The van der Waals surface area contributed by atoms with Crippen molar-refractivity contribution >= 4 is 50.8 Å². The van der Waals surface area contributed by atoms with Crippen molar-refractivity contribution in [1.29, 1.82) is 0 Å². The molecule has 0 bridgehead atoms. The number of hydrazine groups is 1. The SMILES string of the molecule is CCc1cc(NN)c2cc(I)cc(Cl)c2n1. The molecule has 0 aliphatic carbocycles. The number of aryl methyl sites for hydroxylation is 1. The number of halogens is 2. The van der Waals surface area contributed by atoms with Crippen molar-refractivity contribution < 1.29 is 0 Å². The van der Waals surface area contributed by atoms with Crippen LogP contribution in [0.25, 0.3) is 10.9 Å². The first-order valence-electron chi connectivity index (χ1n) is 4.91. The number of pyridine rings is 1. The standard InChI is InChI=1S/C11H11ClIN3/c1-2-7-5-10(16-14)8-3-6(13)4-9(12)11(8)15-7/h3-5H,2,14H2,1H3,(H,15,16). The van der Waals surface area contributed by atoms with Gasteiger partial charge >= 0.3 is 0 Å². The topological polar surface area (TPSA) is 50.9 Å². The molecule has 0 saturated carbocycles. The average Bonchev–Trinajstić information content (AvgIpc) is 2.28. The third-order valence-corrected chi connectivity index (χ3v) is 3.31. The lowest BCUT2D eigenvalue weighted by atomic mass is 10.1.